The maximum atomic E-state index is 13.8. The lowest BCUT2D eigenvalue weighted by atomic mass is 9.99. The predicted molar refractivity (Wildman–Crippen MR) is 123 cm³/mol. The van der Waals surface area contributed by atoms with Crippen LogP contribution < -0.4 is 5.32 Å². The second-order valence-electron chi connectivity index (χ2n) is 7.28. The van der Waals surface area contributed by atoms with E-state index in [9.17, 15) is 14.0 Å². The van der Waals surface area contributed by atoms with Crippen molar-refractivity contribution < 1.29 is 8.78 Å². The van der Waals surface area contributed by atoms with Crippen LogP contribution in [0, 0.1) is 23.0 Å². The van der Waals surface area contributed by atoms with Gasteiger partial charge >= 0.3 is 0 Å². The second-order valence-corrected chi connectivity index (χ2v) is 7.28. The highest BCUT2D eigenvalue weighted by atomic mass is 19.2. The van der Waals surface area contributed by atoms with Crippen molar-refractivity contribution >= 4 is 22.4 Å². The summed E-state index contributed by atoms with van der Waals surface area (Å²) in [6, 6.07) is 22.3. The van der Waals surface area contributed by atoms with E-state index in [4.69, 9.17) is 0 Å². The summed E-state index contributed by atoms with van der Waals surface area (Å²) in [5, 5.41) is 13.2. The Labute approximate surface area is 188 Å². The molecule has 0 spiro atoms. The van der Waals surface area contributed by atoms with Gasteiger partial charge in [0.05, 0.1) is 17.1 Å². The van der Waals surface area contributed by atoms with Crippen LogP contribution in [-0.4, -0.2) is 15.0 Å². The third-order valence-corrected chi connectivity index (χ3v) is 5.16. The molecule has 2 heterocycles. The van der Waals surface area contributed by atoms with Gasteiger partial charge in [-0.15, -0.1) is 0 Å². The number of aromatic nitrogens is 3. The van der Waals surface area contributed by atoms with Gasteiger partial charge in [0.1, 0.15) is 5.82 Å². The Balaban J connectivity index is 1.70. The number of pyridine rings is 1. The summed E-state index contributed by atoms with van der Waals surface area (Å²) in [7, 11) is 0. The van der Waals surface area contributed by atoms with E-state index in [0.29, 0.717) is 39.4 Å². The molecule has 0 fully saturated rings. The zero-order valence-electron chi connectivity index (χ0n) is 17.1. The standard InChI is InChI=1S/C26H15F2N5/c27-22-9-8-19(13-23(22)28)31-26-21-12-16(20-6-2-1-4-17(20)14-29)7-10-24(21)32-25(33-26)18-5-3-11-30-15-18/h1-13,15H,(H,31,32,33). The van der Waals surface area contributed by atoms with Crippen molar-refractivity contribution in [2.24, 2.45) is 0 Å². The third kappa shape index (κ3) is 3.98. The van der Waals surface area contributed by atoms with E-state index < -0.39 is 11.6 Å². The molecular formula is C26H15F2N5. The number of fused-ring (bicyclic) bond motifs is 1. The van der Waals surface area contributed by atoms with Gasteiger partial charge in [-0.3, -0.25) is 4.98 Å². The first kappa shape index (κ1) is 20.2. The Bertz CT molecular complexity index is 1530. The molecule has 158 valence electrons. The van der Waals surface area contributed by atoms with E-state index in [1.54, 1.807) is 24.5 Å². The maximum Gasteiger partial charge on any atom is 0.163 e. The fourth-order valence-electron chi connectivity index (χ4n) is 3.56. The fraction of sp³-hybridized carbons (Fsp3) is 0. The monoisotopic (exact) mass is 435 g/mol. The van der Waals surface area contributed by atoms with Crippen LogP contribution in [0.2, 0.25) is 0 Å². The molecule has 0 saturated carbocycles. The minimum atomic E-state index is -0.963. The molecule has 0 aliphatic carbocycles. The summed E-state index contributed by atoms with van der Waals surface area (Å²) in [6.07, 6.45) is 3.31. The van der Waals surface area contributed by atoms with Crippen molar-refractivity contribution in [1.82, 2.24) is 15.0 Å². The van der Waals surface area contributed by atoms with Crippen molar-refractivity contribution in [2.75, 3.05) is 5.32 Å². The fourth-order valence-corrected chi connectivity index (χ4v) is 3.56. The van der Waals surface area contributed by atoms with Gasteiger partial charge in [-0.05, 0) is 53.6 Å². The molecule has 1 N–H and O–H groups in total. The summed E-state index contributed by atoms with van der Waals surface area (Å²) < 4.78 is 27.2. The molecule has 0 radical (unpaired) electrons. The average Bonchev–Trinajstić information content (AvgIpc) is 2.86. The van der Waals surface area contributed by atoms with E-state index in [1.165, 1.54) is 6.07 Å². The van der Waals surface area contributed by atoms with Crippen molar-refractivity contribution in [3.8, 4) is 28.6 Å². The van der Waals surface area contributed by atoms with Crippen molar-refractivity contribution in [1.29, 1.82) is 5.26 Å². The summed E-state index contributed by atoms with van der Waals surface area (Å²) in [5.74, 6) is -1.04. The Hall–Kier alpha value is -4.70. The average molecular weight is 435 g/mol. The number of benzene rings is 3. The van der Waals surface area contributed by atoms with Crippen LogP contribution in [-0.2, 0) is 0 Å². The van der Waals surface area contributed by atoms with Gasteiger partial charge in [0.15, 0.2) is 17.5 Å². The molecule has 0 bridgehead atoms. The molecular weight excluding hydrogens is 420 g/mol. The number of rotatable bonds is 4. The lowest BCUT2D eigenvalue weighted by Gasteiger charge is -2.13. The van der Waals surface area contributed by atoms with E-state index in [-0.39, 0.29) is 0 Å². The number of halogens is 2. The molecule has 5 aromatic rings. The number of anilines is 2. The summed E-state index contributed by atoms with van der Waals surface area (Å²) in [4.78, 5) is 13.4. The topological polar surface area (TPSA) is 74.5 Å². The number of hydrogen-bond donors (Lipinski definition) is 1. The molecule has 3 aromatic carbocycles. The van der Waals surface area contributed by atoms with Crippen LogP contribution in [0.5, 0.6) is 0 Å². The van der Waals surface area contributed by atoms with Crippen LogP contribution in [0.1, 0.15) is 5.56 Å². The van der Waals surface area contributed by atoms with Crippen molar-refractivity contribution in [3.63, 3.8) is 0 Å². The van der Waals surface area contributed by atoms with Crippen LogP contribution in [0.25, 0.3) is 33.4 Å². The molecule has 0 atom stereocenters. The minimum Gasteiger partial charge on any atom is -0.340 e. The van der Waals surface area contributed by atoms with Gasteiger partial charge in [0.25, 0.3) is 0 Å². The molecule has 7 heteroatoms. The van der Waals surface area contributed by atoms with Gasteiger partial charge in [-0.2, -0.15) is 5.26 Å². The Morgan fingerprint density at radius 1 is 0.818 bits per heavy atom. The van der Waals surface area contributed by atoms with Crippen molar-refractivity contribution in [3.05, 3.63) is 102 Å². The minimum absolute atomic E-state index is 0.342. The van der Waals surface area contributed by atoms with Crippen molar-refractivity contribution in [2.45, 2.75) is 0 Å². The molecule has 0 aliphatic rings. The first-order valence-electron chi connectivity index (χ1n) is 10.1. The first-order chi connectivity index (χ1) is 16.1. The molecule has 5 rings (SSSR count). The highest BCUT2D eigenvalue weighted by Crippen LogP contribution is 2.32. The van der Waals surface area contributed by atoms with Gasteiger partial charge < -0.3 is 5.32 Å². The number of hydrogen-bond acceptors (Lipinski definition) is 5. The van der Waals surface area contributed by atoms with E-state index >= 15 is 0 Å². The first-order valence-corrected chi connectivity index (χ1v) is 10.1. The highest BCUT2D eigenvalue weighted by Gasteiger charge is 2.13. The van der Waals surface area contributed by atoms with Gasteiger partial charge in [0, 0.05) is 35.1 Å². The SMILES string of the molecule is N#Cc1ccccc1-c1ccc2nc(-c3cccnc3)nc(Nc3ccc(F)c(F)c3)c2c1. The zero-order valence-corrected chi connectivity index (χ0v) is 17.1. The highest BCUT2D eigenvalue weighted by molar-refractivity contribution is 5.95. The summed E-state index contributed by atoms with van der Waals surface area (Å²) in [6.45, 7) is 0. The normalized spacial score (nSPS) is 10.7. The molecule has 33 heavy (non-hydrogen) atoms. The Morgan fingerprint density at radius 2 is 1.70 bits per heavy atom. The maximum absolute atomic E-state index is 13.8. The number of nitrogens with one attached hydrogen (secondary N) is 1. The number of nitrogens with zero attached hydrogens (tertiary/aromatic N) is 4. The second kappa shape index (κ2) is 8.44. The van der Waals surface area contributed by atoms with Gasteiger partial charge in [0.2, 0.25) is 0 Å². The van der Waals surface area contributed by atoms with Gasteiger partial charge in [-0.25, -0.2) is 18.7 Å². The van der Waals surface area contributed by atoms with Crippen LogP contribution >= 0.6 is 0 Å². The Morgan fingerprint density at radius 3 is 2.48 bits per heavy atom. The predicted octanol–water partition coefficient (Wildman–Crippen LogP) is 6.25. The number of nitriles is 1. The Kier molecular flexibility index (Phi) is 5.17. The van der Waals surface area contributed by atoms with Crippen LogP contribution in [0.4, 0.5) is 20.3 Å². The van der Waals surface area contributed by atoms with E-state index in [2.05, 4.69) is 26.3 Å². The van der Waals surface area contributed by atoms with Crippen LogP contribution in [0.15, 0.2) is 85.2 Å². The molecule has 5 nitrogen and oxygen atoms in total. The lowest BCUT2D eigenvalue weighted by molar-refractivity contribution is 0.509. The third-order valence-electron chi connectivity index (χ3n) is 5.16. The summed E-state index contributed by atoms with van der Waals surface area (Å²) >= 11 is 0. The molecule has 2 aromatic heterocycles. The quantitative estimate of drug-likeness (QED) is 0.361. The molecule has 0 saturated heterocycles. The largest absolute Gasteiger partial charge is 0.340 e. The zero-order chi connectivity index (χ0) is 22.8. The lowest BCUT2D eigenvalue weighted by Crippen LogP contribution is -2.00. The smallest absolute Gasteiger partial charge is 0.163 e. The molecule has 0 unspecified atom stereocenters. The van der Waals surface area contributed by atoms with Crippen LogP contribution in [0.3, 0.4) is 0 Å². The van der Waals surface area contributed by atoms with Gasteiger partial charge in [-0.1, -0.05) is 24.3 Å². The summed E-state index contributed by atoms with van der Waals surface area (Å²) in [5.41, 5.74) is 3.83. The van der Waals surface area contributed by atoms with E-state index in [1.807, 2.05) is 42.5 Å². The molecule has 0 amide bonds. The molecule has 0 aliphatic heterocycles. The van der Waals surface area contributed by atoms with E-state index in [0.717, 1.165) is 23.3 Å².